The lowest BCUT2D eigenvalue weighted by Crippen LogP contribution is -2.04. The Hall–Kier alpha value is -1.51. The third-order valence-corrected chi connectivity index (χ3v) is 1.37. The number of aliphatic imine (C=N–C) groups is 1. The van der Waals surface area contributed by atoms with E-state index in [1.54, 1.807) is 6.01 Å². The van der Waals surface area contributed by atoms with Crippen LogP contribution in [0.3, 0.4) is 0 Å². The van der Waals surface area contributed by atoms with E-state index in [0.29, 0.717) is 0 Å². The summed E-state index contributed by atoms with van der Waals surface area (Å²) < 4.78 is 0. The van der Waals surface area contributed by atoms with Gasteiger partial charge in [0.25, 0.3) is 0 Å². The van der Waals surface area contributed by atoms with Crippen molar-refractivity contribution in [3.05, 3.63) is 35.7 Å². The Morgan fingerprint density at radius 1 is 1.42 bits per heavy atom. The summed E-state index contributed by atoms with van der Waals surface area (Å²) in [5.41, 5.74) is 0.835. The molecule has 0 unspecified atom stereocenters. The molecule has 0 saturated heterocycles. The molecule has 60 valence electrons. The number of nitrogens with one attached hydrogen (secondary N) is 1. The molecule has 1 aromatic rings. The molecule has 0 amide bonds. The van der Waals surface area contributed by atoms with E-state index in [4.69, 9.17) is 17.6 Å². The average molecular weight is 176 g/mol. The molecular formula is C8H6N3S-. The van der Waals surface area contributed by atoms with Crippen LogP contribution in [-0.4, -0.2) is 11.1 Å². The summed E-state index contributed by atoms with van der Waals surface area (Å²) in [5, 5.41) is 11.1. The van der Waals surface area contributed by atoms with Crippen molar-refractivity contribution in [3.63, 3.8) is 0 Å². The number of benzene rings is 1. The van der Waals surface area contributed by atoms with E-state index in [1.165, 1.54) is 0 Å². The molecule has 4 heteroatoms. The number of hydrogen-bond donors (Lipinski definition) is 1. The first-order chi connectivity index (χ1) is 5.83. The molecule has 1 aromatic carbocycles. The van der Waals surface area contributed by atoms with Crippen LogP contribution in [0.25, 0.3) is 5.41 Å². The zero-order chi connectivity index (χ0) is 8.81. The van der Waals surface area contributed by atoms with Crippen LogP contribution in [-0.2, 0) is 0 Å². The van der Waals surface area contributed by atoms with Crippen LogP contribution in [0.5, 0.6) is 0 Å². The normalized spacial score (nSPS) is 8.33. The molecule has 3 nitrogen and oxygen atoms in total. The van der Waals surface area contributed by atoms with Crippen LogP contribution in [0.4, 0.5) is 5.69 Å². The maximum atomic E-state index is 8.17. The minimum absolute atomic E-state index is 0.184. The van der Waals surface area contributed by atoms with Crippen LogP contribution in [0.1, 0.15) is 0 Å². The van der Waals surface area contributed by atoms with Gasteiger partial charge < -0.3 is 15.7 Å². The summed E-state index contributed by atoms with van der Waals surface area (Å²) in [6.45, 7) is 0. The molecule has 0 spiro atoms. The second-order valence-corrected chi connectivity index (χ2v) is 2.39. The van der Waals surface area contributed by atoms with Crippen molar-refractivity contribution >= 4 is 29.0 Å². The van der Waals surface area contributed by atoms with Crippen molar-refractivity contribution in [1.82, 2.24) is 0 Å². The van der Waals surface area contributed by atoms with Crippen LogP contribution in [0.2, 0.25) is 0 Å². The Bertz CT molecular complexity index is 314. The first kappa shape index (κ1) is 8.59. The smallest absolute Gasteiger partial charge is 0.0982 e. The highest BCUT2D eigenvalue weighted by Crippen LogP contribution is 2.04. The van der Waals surface area contributed by atoms with Gasteiger partial charge in [-0.15, -0.1) is 6.01 Å². The van der Waals surface area contributed by atoms with Crippen LogP contribution in [0, 0.1) is 0 Å². The predicted octanol–water partition coefficient (Wildman–Crippen LogP) is 2.13. The summed E-state index contributed by atoms with van der Waals surface area (Å²) in [6.07, 6.45) is 0. The highest BCUT2D eigenvalue weighted by Gasteiger charge is 1.87. The van der Waals surface area contributed by atoms with E-state index in [0.717, 1.165) is 5.69 Å². The van der Waals surface area contributed by atoms with E-state index in [-0.39, 0.29) is 5.11 Å². The van der Waals surface area contributed by atoms with Gasteiger partial charge in [0.05, 0.1) is 5.11 Å². The zero-order valence-corrected chi connectivity index (χ0v) is 7.01. The van der Waals surface area contributed by atoms with E-state index in [9.17, 15) is 0 Å². The van der Waals surface area contributed by atoms with Crippen LogP contribution < -0.4 is 5.32 Å². The SMILES string of the molecule is [N-]=C=NC(=S)Nc1ccccc1. The summed E-state index contributed by atoms with van der Waals surface area (Å²) in [5.74, 6) is 0. The molecular weight excluding hydrogens is 170 g/mol. The molecule has 0 atom stereocenters. The van der Waals surface area contributed by atoms with Gasteiger partial charge in [-0.3, -0.25) is 0 Å². The molecule has 0 aliphatic carbocycles. The van der Waals surface area contributed by atoms with Gasteiger partial charge in [0, 0.05) is 5.69 Å². The van der Waals surface area contributed by atoms with Crippen molar-refractivity contribution in [1.29, 1.82) is 0 Å². The Labute approximate surface area is 75.7 Å². The largest absolute Gasteiger partial charge is 0.422 e. The Morgan fingerprint density at radius 2 is 2.08 bits per heavy atom. The second kappa shape index (κ2) is 4.38. The molecule has 0 radical (unpaired) electrons. The van der Waals surface area contributed by atoms with Crippen molar-refractivity contribution in [3.8, 4) is 0 Å². The van der Waals surface area contributed by atoms with Gasteiger partial charge in [-0.25, -0.2) is 0 Å². The number of hydrogen-bond acceptors (Lipinski definition) is 1. The molecule has 0 aromatic heterocycles. The third kappa shape index (κ3) is 2.62. The summed E-state index contributed by atoms with van der Waals surface area (Å²) in [4.78, 5) is 3.35. The van der Waals surface area contributed by atoms with Crippen molar-refractivity contribution < 1.29 is 0 Å². The standard InChI is InChI=1S/C8H6N3S/c9-6-10-8(12)11-7-4-2-1-3-5-7/h1-5H,(H,11,12)/q-1. The van der Waals surface area contributed by atoms with Crippen molar-refractivity contribution in [2.24, 2.45) is 4.99 Å². The quantitative estimate of drug-likeness (QED) is 0.526. The molecule has 0 saturated carbocycles. The summed E-state index contributed by atoms with van der Waals surface area (Å²) in [7, 11) is 0. The fourth-order valence-electron chi connectivity index (χ4n) is 0.718. The molecule has 12 heavy (non-hydrogen) atoms. The minimum atomic E-state index is 0.184. The molecule has 0 fully saturated rings. The molecule has 0 aliphatic rings. The first-order valence-electron chi connectivity index (χ1n) is 3.29. The maximum Gasteiger partial charge on any atom is 0.0982 e. The van der Waals surface area contributed by atoms with Gasteiger partial charge in [-0.2, -0.15) is 0 Å². The number of nitrogens with zero attached hydrogens (tertiary/aromatic N) is 2. The maximum absolute atomic E-state index is 8.17. The Morgan fingerprint density at radius 3 is 2.67 bits per heavy atom. The highest BCUT2D eigenvalue weighted by molar-refractivity contribution is 7.80. The molecule has 0 heterocycles. The predicted molar refractivity (Wildman–Crippen MR) is 53.5 cm³/mol. The van der Waals surface area contributed by atoms with E-state index in [2.05, 4.69) is 10.3 Å². The van der Waals surface area contributed by atoms with Crippen molar-refractivity contribution in [2.45, 2.75) is 0 Å². The average Bonchev–Trinajstić information content (AvgIpc) is 2.06. The minimum Gasteiger partial charge on any atom is -0.422 e. The first-order valence-corrected chi connectivity index (χ1v) is 3.69. The van der Waals surface area contributed by atoms with Crippen LogP contribution in [0.15, 0.2) is 35.3 Å². The van der Waals surface area contributed by atoms with E-state index in [1.807, 2.05) is 30.3 Å². The topological polar surface area (TPSA) is 46.7 Å². The number of rotatable bonds is 1. The Kier molecular flexibility index (Phi) is 3.14. The zero-order valence-electron chi connectivity index (χ0n) is 6.19. The van der Waals surface area contributed by atoms with Gasteiger partial charge in [0.15, 0.2) is 0 Å². The van der Waals surface area contributed by atoms with Gasteiger partial charge >= 0.3 is 0 Å². The number of thiocarbonyl (C=S) groups is 1. The summed E-state index contributed by atoms with van der Waals surface area (Å²) >= 11 is 4.73. The fourth-order valence-corrected chi connectivity index (χ4v) is 0.877. The van der Waals surface area contributed by atoms with E-state index < -0.39 is 0 Å². The third-order valence-electron chi connectivity index (χ3n) is 1.18. The lowest BCUT2D eigenvalue weighted by molar-refractivity contribution is 1.61. The highest BCUT2D eigenvalue weighted by atomic mass is 32.1. The lowest BCUT2D eigenvalue weighted by Gasteiger charge is -2.05. The van der Waals surface area contributed by atoms with Gasteiger partial charge in [0.2, 0.25) is 0 Å². The van der Waals surface area contributed by atoms with Crippen LogP contribution >= 0.6 is 12.2 Å². The Balaban J connectivity index is 2.64. The summed E-state index contributed by atoms with van der Waals surface area (Å²) in [6, 6.07) is 10.9. The molecule has 0 aliphatic heterocycles. The lowest BCUT2D eigenvalue weighted by atomic mass is 10.3. The van der Waals surface area contributed by atoms with E-state index >= 15 is 0 Å². The van der Waals surface area contributed by atoms with Gasteiger partial charge in [-0.1, -0.05) is 30.4 Å². The van der Waals surface area contributed by atoms with Gasteiger partial charge in [0.1, 0.15) is 0 Å². The molecule has 0 bridgehead atoms. The second-order valence-electron chi connectivity index (χ2n) is 2.01. The molecule has 1 rings (SSSR count). The monoisotopic (exact) mass is 176 g/mol. The number of anilines is 1. The molecule has 1 N–H and O–H groups in total. The fraction of sp³-hybridized carbons (Fsp3) is 0. The van der Waals surface area contributed by atoms with Crippen molar-refractivity contribution in [2.75, 3.05) is 5.32 Å². The van der Waals surface area contributed by atoms with Gasteiger partial charge in [-0.05, 0) is 12.1 Å². The number of para-hydroxylation sites is 1.